The summed E-state index contributed by atoms with van der Waals surface area (Å²) in [6.07, 6.45) is 1.40. The number of non-ortho nitro benzene ring substituents is 1. The third-order valence-corrected chi connectivity index (χ3v) is 2.16. The third kappa shape index (κ3) is 2.48. The lowest BCUT2D eigenvalue weighted by Crippen LogP contribution is -2.04. The molecule has 0 spiro atoms. The van der Waals surface area contributed by atoms with Gasteiger partial charge in [-0.15, -0.1) is 0 Å². The van der Waals surface area contributed by atoms with Crippen molar-refractivity contribution in [1.29, 1.82) is 0 Å². The molecule has 2 aromatic rings. The van der Waals surface area contributed by atoms with Crippen molar-refractivity contribution < 1.29 is 4.92 Å². The average molecular weight is 234 g/mol. The van der Waals surface area contributed by atoms with E-state index in [-0.39, 0.29) is 5.69 Å². The summed E-state index contributed by atoms with van der Waals surface area (Å²) < 4.78 is 0. The normalized spacial score (nSPS) is 10.1. The predicted octanol–water partition coefficient (Wildman–Crippen LogP) is 0.907. The van der Waals surface area contributed by atoms with Crippen molar-refractivity contribution in [2.45, 2.75) is 6.54 Å². The molecule has 88 valence electrons. The van der Waals surface area contributed by atoms with Crippen LogP contribution in [0.3, 0.4) is 0 Å². The standard InChI is InChI=1S/C9H10N6O2/c10-7-3-6(15(16)17)1-2-8(7)11-4-9-12-5-13-14-9/h1-3,5,11H,4,10H2,(H,12,13,14). The van der Waals surface area contributed by atoms with E-state index in [1.54, 1.807) is 6.07 Å². The van der Waals surface area contributed by atoms with Crippen LogP contribution in [-0.4, -0.2) is 20.1 Å². The van der Waals surface area contributed by atoms with Gasteiger partial charge in [0.05, 0.1) is 22.8 Å². The summed E-state index contributed by atoms with van der Waals surface area (Å²) in [7, 11) is 0. The number of nitrogens with zero attached hydrogens (tertiary/aromatic N) is 3. The lowest BCUT2D eigenvalue weighted by Gasteiger charge is -2.07. The fourth-order valence-electron chi connectivity index (χ4n) is 1.32. The van der Waals surface area contributed by atoms with Crippen LogP contribution in [0.1, 0.15) is 5.82 Å². The SMILES string of the molecule is Nc1cc([N+](=O)[O-])ccc1NCc1ncn[nH]1. The smallest absolute Gasteiger partial charge is 0.271 e. The number of nitro groups is 1. The van der Waals surface area contributed by atoms with Gasteiger partial charge in [-0.05, 0) is 6.07 Å². The van der Waals surface area contributed by atoms with Crippen molar-refractivity contribution in [3.63, 3.8) is 0 Å². The van der Waals surface area contributed by atoms with Crippen LogP contribution in [0.15, 0.2) is 24.5 Å². The number of nitrogens with two attached hydrogens (primary N) is 1. The van der Waals surface area contributed by atoms with Crippen LogP contribution in [0.5, 0.6) is 0 Å². The zero-order chi connectivity index (χ0) is 12.3. The van der Waals surface area contributed by atoms with Crippen LogP contribution in [0.25, 0.3) is 0 Å². The van der Waals surface area contributed by atoms with Crippen molar-refractivity contribution in [2.75, 3.05) is 11.1 Å². The Hall–Kier alpha value is -2.64. The average Bonchev–Trinajstić information content (AvgIpc) is 2.80. The second-order valence-electron chi connectivity index (χ2n) is 3.31. The number of anilines is 2. The molecule has 2 rings (SSSR count). The molecule has 0 saturated carbocycles. The van der Waals surface area contributed by atoms with Gasteiger partial charge in [-0.25, -0.2) is 4.98 Å². The van der Waals surface area contributed by atoms with E-state index in [9.17, 15) is 10.1 Å². The van der Waals surface area contributed by atoms with Crippen molar-refractivity contribution in [1.82, 2.24) is 15.2 Å². The number of nitrogen functional groups attached to an aromatic ring is 1. The number of hydrogen-bond donors (Lipinski definition) is 3. The molecule has 0 amide bonds. The summed E-state index contributed by atoms with van der Waals surface area (Å²) in [4.78, 5) is 14.0. The Morgan fingerprint density at radius 2 is 2.35 bits per heavy atom. The van der Waals surface area contributed by atoms with E-state index >= 15 is 0 Å². The van der Waals surface area contributed by atoms with E-state index in [1.807, 2.05) is 0 Å². The molecule has 0 aliphatic carbocycles. The van der Waals surface area contributed by atoms with Crippen molar-refractivity contribution in [3.8, 4) is 0 Å². The van der Waals surface area contributed by atoms with Gasteiger partial charge in [0, 0.05) is 12.1 Å². The van der Waals surface area contributed by atoms with Crippen LogP contribution < -0.4 is 11.1 Å². The number of nitro benzene ring substituents is 1. The van der Waals surface area contributed by atoms with E-state index in [0.717, 1.165) is 0 Å². The number of nitrogens with one attached hydrogen (secondary N) is 2. The first kappa shape index (κ1) is 10.9. The minimum absolute atomic E-state index is 0.0345. The third-order valence-electron chi connectivity index (χ3n) is 2.16. The second-order valence-corrected chi connectivity index (χ2v) is 3.31. The molecule has 0 fully saturated rings. The van der Waals surface area contributed by atoms with E-state index in [0.29, 0.717) is 23.7 Å². The molecule has 0 bridgehead atoms. The minimum Gasteiger partial charge on any atom is -0.397 e. The highest BCUT2D eigenvalue weighted by atomic mass is 16.6. The van der Waals surface area contributed by atoms with Crippen molar-refractivity contribution in [3.05, 3.63) is 40.5 Å². The lowest BCUT2D eigenvalue weighted by molar-refractivity contribution is -0.384. The van der Waals surface area contributed by atoms with Crippen LogP contribution >= 0.6 is 0 Å². The zero-order valence-corrected chi connectivity index (χ0v) is 8.75. The first-order chi connectivity index (χ1) is 8.16. The van der Waals surface area contributed by atoms with Gasteiger partial charge >= 0.3 is 0 Å². The Balaban J connectivity index is 2.09. The summed E-state index contributed by atoms with van der Waals surface area (Å²) in [6, 6.07) is 4.26. The number of H-pyrrole nitrogens is 1. The van der Waals surface area contributed by atoms with Crippen LogP contribution in [-0.2, 0) is 6.54 Å². The fourth-order valence-corrected chi connectivity index (χ4v) is 1.32. The summed E-state index contributed by atoms with van der Waals surface area (Å²) in [5.41, 5.74) is 6.59. The van der Waals surface area contributed by atoms with Crippen LogP contribution in [0.2, 0.25) is 0 Å². The molecule has 17 heavy (non-hydrogen) atoms. The predicted molar refractivity (Wildman–Crippen MR) is 61.2 cm³/mol. The summed E-state index contributed by atoms with van der Waals surface area (Å²) in [6.45, 7) is 0.419. The Bertz CT molecular complexity index is 524. The van der Waals surface area contributed by atoms with E-state index in [4.69, 9.17) is 5.73 Å². The quantitative estimate of drug-likeness (QED) is 0.410. The largest absolute Gasteiger partial charge is 0.397 e. The fraction of sp³-hybridized carbons (Fsp3) is 0.111. The Labute approximate surface area is 96.0 Å². The van der Waals surface area contributed by atoms with Gasteiger partial charge < -0.3 is 11.1 Å². The molecule has 0 aliphatic rings. The Morgan fingerprint density at radius 3 is 2.94 bits per heavy atom. The highest BCUT2D eigenvalue weighted by molar-refractivity contribution is 5.69. The number of hydrogen-bond acceptors (Lipinski definition) is 6. The first-order valence-electron chi connectivity index (χ1n) is 4.79. The first-order valence-corrected chi connectivity index (χ1v) is 4.79. The maximum atomic E-state index is 10.5. The number of aromatic nitrogens is 3. The number of benzene rings is 1. The van der Waals surface area contributed by atoms with Crippen LogP contribution in [0.4, 0.5) is 17.1 Å². The topological polar surface area (TPSA) is 123 Å². The molecule has 1 aromatic carbocycles. The highest BCUT2D eigenvalue weighted by Gasteiger charge is 2.08. The molecule has 0 atom stereocenters. The summed E-state index contributed by atoms with van der Waals surface area (Å²) in [5, 5.41) is 19.9. The van der Waals surface area contributed by atoms with Gasteiger partial charge in [-0.3, -0.25) is 15.2 Å². The van der Waals surface area contributed by atoms with Gasteiger partial charge in [-0.2, -0.15) is 5.10 Å². The van der Waals surface area contributed by atoms with E-state index in [1.165, 1.54) is 18.5 Å². The maximum absolute atomic E-state index is 10.5. The molecule has 0 radical (unpaired) electrons. The molecule has 0 saturated heterocycles. The molecule has 0 unspecified atom stereocenters. The molecule has 4 N–H and O–H groups in total. The molecule has 0 aliphatic heterocycles. The Kier molecular flexibility index (Phi) is 2.86. The summed E-state index contributed by atoms with van der Waals surface area (Å²) in [5.74, 6) is 0.655. The van der Waals surface area contributed by atoms with E-state index in [2.05, 4.69) is 20.5 Å². The van der Waals surface area contributed by atoms with Gasteiger partial charge in [0.1, 0.15) is 12.2 Å². The van der Waals surface area contributed by atoms with Gasteiger partial charge in [0.2, 0.25) is 0 Å². The summed E-state index contributed by atoms with van der Waals surface area (Å²) >= 11 is 0. The van der Waals surface area contributed by atoms with Crippen LogP contribution in [0, 0.1) is 10.1 Å². The zero-order valence-electron chi connectivity index (χ0n) is 8.75. The molecule has 1 heterocycles. The van der Waals surface area contributed by atoms with Gasteiger partial charge in [0.25, 0.3) is 5.69 Å². The maximum Gasteiger partial charge on any atom is 0.271 e. The molecule has 1 aromatic heterocycles. The minimum atomic E-state index is -0.489. The number of aromatic amines is 1. The second kappa shape index (κ2) is 4.47. The molecular weight excluding hydrogens is 224 g/mol. The highest BCUT2D eigenvalue weighted by Crippen LogP contribution is 2.24. The van der Waals surface area contributed by atoms with E-state index < -0.39 is 4.92 Å². The van der Waals surface area contributed by atoms with Gasteiger partial charge in [-0.1, -0.05) is 0 Å². The Morgan fingerprint density at radius 1 is 1.53 bits per heavy atom. The van der Waals surface area contributed by atoms with Gasteiger partial charge in [0.15, 0.2) is 0 Å². The molecule has 8 heteroatoms. The van der Waals surface area contributed by atoms with Crippen molar-refractivity contribution in [2.24, 2.45) is 0 Å². The van der Waals surface area contributed by atoms with Crippen molar-refractivity contribution >= 4 is 17.1 Å². The molecule has 8 nitrogen and oxygen atoms in total. The molecular formula is C9H10N6O2. The monoisotopic (exact) mass is 234 g/mol. The lowest BCUT2D eigenvalue weighted by atomic mass is 10.2. The number of rotatable bonds is 4.